The molecular weight excluding hydrogens is 384 g/mol. The molecule has 3 aromatic rings. The zero-order valence-corrected chi connectivity index (χ0v) is 18.1. The summed E-state index contributed by atoms with van der Waals surface area (Å²) >= 11 is 0. The van der Waals surface area contributed by atoms with Crippen LogP contribution in [0.2, 0.25) is 0 Å². The molecule has 1 aliphatic rings. The lowest BCUT2D eigenvalue weighted by Gasteiger charge is -2.35. The van der Waals surface area contributed by atoms with E-state index in [9.17, 15) is 9.90 Å². The van der Waals surface area contributed by atoms with Crippen LogP contribution in [-0.2, 0) is 0 Å². The highest BCUT2D eigenvalue weighted by atomic mass is 16.3. The van der Waals surface area contributed by atoms with Gasteiger partial charge in [-0.3, -0.25) is 4.79 Å². The predicted molar refractivity (Wildman–Crippen MR) is 128 cm³/mol. The number of rotatable bonds is 5. The standard InChI is InChI=1S/C27H28N2O2/c1-20-5-3-4-6-24(20)22-10-13-26(29-17-15-28(2)16-18-29)25(19-22)27(31)14-9-21-7-11-23(30)12-8-21/h3-14,19,30H,15-18H2,1-2H3. The molecule has 0 bridgehead atoms. The Hall–Kier alpha value is -3.37. The Morgan fingerprint density at radius 2 is 1.65 bits per heavy atom. The van der Waals surface area contributed by atoms with Crippen molar-refractivity contribution >= 4 is 17.5 Å². The van der Waals surface area contributed by atoms with Crippen molar-refractivity contribution in [2.75, 3.05) is 38.1 Å². The molecule has 0 aliphatic carbocycles. The highest BCUT2D eigenvalue weighted by Crippen LogP contribution is 2.31. The number of allylic oxidation sites excluding steroid dienone is 1. The first-order valence-electron chi connectivity index (χ1n) is 10.7. The van der Waals surface area contributed by atoms with Gasteiger partial charge in [-0.1, -0.05) is 48.5 Å². The molecule has 0 amide bonds. The Bertz CT molecular complexity index is 1090. The van der Waals surface area contributed by atoms with Crippen molar-refractivity contribution in [3.63, 3.8) is 0 Å². The fourth-order valence-electron chi connectivity index (χ4n) is 3.97. The van der Waals surface area contributed by atoms with Gasteiger partial charge in [-0.15, -0.1) is 0 Å². The molecule has 31 heavy (non-hydrogen) atoms. The van der Waals surface area contributed by atoms with Crippen LogP contribution in [0.5, 0.6) is 5.75 Å². The Balaban J connectivity index is 1.71. The van der Waals surface area contributed by atoms with Gasteiger partial charge in [0, 0.05) is 37.4 Å². The molecule has 1 saturated heterocycles. The summed E-state index contributed by atoms with van der Waals surface area (Å²) in [4.78, 5) is 17.9. The van der Waals surface area contributed by atoms with Crippen molar-refractivity contribution < 1.29 is 9.90 Å². The number of hydrogen-bond acceptors (Lipinski definition) is 4. The van der Waals surface area contributed by atoms with Crippen molar-refractivity contribution in [1.29, 1.82) is 0 Å². The number of phenolic OH excluding ortho intramolecular Hbond substituents is 1. The highest BCUT2D eigenvalue weighted by molar-refractivity contribution is 6.11. The molecule has 0 spiro atoms. The minimum atomic E-state index is -0.0163. The van der Waals surface area contributed by atoms with Gasteiger partial charge in [0.25, 0.3) is 0 Å². The predicted octanol–water partition coefficient (Wildman–Crippen LogP) is 5.02. The minimum absolute atomic E-state index is 0.0163. The van der Waals surface area contributed by atoms with Crippen LogP contribution in [-0.4, -0.2) is 49.0 Å². The van der Waals surface area contributed by atoms with E-state index in [0.717, 1.165) is 54.1 Å². The molecule has 1 N–H and O–H groups in total. The second-order valence-corrected chi connectivity index (χ2v) is 8.13. The van der Waals surface area contributed by atoms with Crippen molar-refractivity contribution in [3.05, 3.63) is 89.5 Å². The van der Waals surface area contributed by atoms with Crippen molar-refractivity contribution in [2.24, 2.45) is 0 Å². The number of aromatic hydroxyl groups is 1. The van der Waals surface area contributed by atoms with Crippen molar-refractivity contribution in [1.82, 2.24) is 4.90 Å². The largest absolute Gasteiger partial charge is 0.508 e. The zero-order valence-electron chi connectivity index (χ0n) is 18.1. The third-order valence-corrected chi connectivity index (χ3v) is 5.88. The highest BCUT2D eigenvalue weighted by Gasteiger charge is 2.20. The quantitative estimate of drug-likeness (QED) is 0.472. The molecule has 0 unspecified atom stereocenters. The maximum atomic E-state index is 13.3. The molecule has 1 heterocycles. The molecule has 0 radical (unpaired) electrons. The molecular formula is C27H28N2O2. The van der Waals surface area contributed by atoms with E-state index in [4.69, 9.17) is 0 Å². The average Bonchev–Trinajstić information content (AvgIpc) is 2.79. The van der Waals surface area contributed by atoms with E-state index in [1.165, 1.54) is 5.56 Å². The molecule has 0 aromatic heterocycles. The van der Waals surface area contributed by atoms with Gasteiger partial charge in [0.05, 0.1) is 0 Å². The summed E-state index contributed by atoms with van der Waals surface area (Å²) in [5.41, 5.74) is 5.97. The van der Waals surface area contributed by atoms with Gasteiger partial charge in [0.1, 0.15) is 5.75 Å². The molecule has 1 aliphatic heterocycles. The number of likely N-dealkylation sites (N-methyl/N-ethyl adjacent to an activating group) is 1. The molecule has 0 atom stereocenters. The van der Waals surface area contributed by atoms with Crippen LogP contribution >= 0.6 is 0 Å². The molecule has 3 aromatic carbocycles. The molecule has 1 fully saturated rings. The molecule has 158 valence electrons. The first-order chi connectivity index (χ1) is 15.0. The number of benzene rings is 3. The van der Waals surface area contributed by atoms with Crippen LogP contribution in [0.4, 0.5) is 5.69 Å². The van der Waals surface area contributed by atoms with Gasteiger partial charge in [0.15, 0.2) is 5.78 Å². The van der Waals surface area contributed by atoms with E-state index in [-0.39, 0.29) is 11.5 Å². The van der Waals surface area contributed by atoms with Gasteiger partial charge in [-0.25, -0.2) is 0 Å². The average molecular weight is 413 g/mol. The summed E-state index contributed by atoms with van der Waals surface area (Å²) in [6.07, 6.45) is 3.43. The monoisotopic (exact) mass is 412 g/mol. The summed E-state index contributed by atoms with van der Waals surface area (Å²) in [6.45, 7) is 5.87. The SMILES string of the molecule is Cc1ccccc1-c1ccc(N2CCN(C)CC2)c(C(=O)C=Cc2ccc(O)cc2)c1. The van der Waals surface area contributed by atoms with Gasteiger partial charge >= 0.3 is 0 Å². The lowest BCUT2D eigenvalue weighted by molar-refractivity contribution is 0.104. The molecule has 4 rings (SSSR count). The Morgan fingerprint density at radius 3 is 2.35 bits per heavy atom. The van der Waals surface area contributed by atoms with Gasteiger partial charge in [0.2, 0.25) is 0 Å². The second-order valence-electron chi connectivity index (χ2n) is 8.13. The minimum Gasteiger partial charge on any atom is -0.508 e. The summed E-state index contributed by atoms with van der Waals surface area (Å²) in [6, 6.07) is 21.3. The topological polar surface area (TPSA) is 43.8 Å². The number of phenols is 1. The van der Waals surface area contributed by atoms with Crippen LogP contribution in [0.3, 0.4) is 0 Å². The normalized spacial score (nSPS) is 14.8. The maximum Gasteiger partial charge on any atom is 0.187 e. The van der Waals surface area contributed by atoms with Crippen molar-refractivity contribution in [3.8, 4) is 16.9 Å². The smallest absolute Gasteiger partial charge is 0.187 e. The fraction of sp³-hybridized carbons (Fsp3) is 0.222. The summed E-state index contributed by atoms with van der Waals surface area (Å²) in [5.74, 6) is 0.198. The van der Waals surface area contributed by atoms with Crippen LogP contribution < -0.4 is 4.90 Å². The lowest BCUT2D eigenvalue weighted by atomic mass is 9.95. The third kappa shape index (κ3) is 4.86. The number of hydrogen-bond donors (Lipinski definition) is 1. The number of carbonyl (C=O) groups excluding carboxylic acids is 1. The number of ketones is 1. The Kier molecular flexibility index (Phi) is 6.19. The van der Waals surface area contributed by atoms with E-state index in [2.05, 4.69) is 48.0 Å². The first-order valence-corrected chi connectivity index (χ1v) is 10.7. The Morgan fingerprint density at radius 1 is 0.935 bits per heavy atom. The fourth-order valence-corrected chi connectivity index (χ4v) is 3.97. The van der Waals surface area contributed by atoms with Crippen LogP contribution in [0.15, 0.2) is 72.8 Å². The van der Waals surface area contributed by atoms with Gasteiger partial charge < -0.3 is 14.9 Å². The molecule has 4 heteroatoms. The van der Waals surface area contributed by atoms with Crippen LogP contribution in [0, 0.1) is 6.92 Å². The van der Waals surface area contributed by atoms with E-state index >= 15 is 0 Å². The third-order valence-electron chi connectivity index (χ3n) is 5.88. The van der Waals surface area contributed by atoms with Crippen LogP contribution in [0.25, 0.3) is 17.2 Å². The number of nitrogens with zero attached hydrogens (tertiary/aromatic N) is 2. The summed E-state index contributed by atoms with van der Waals surface area (Å²) in [5, 5.41) is 9.47. The second kappa shape index (κ2) is 9.19. The van der Waals surface area contributed by atoms with E-state index in [1.54, 1.807) is 36.4 Å². The number of anilines is 1. The maximum absolute atomic E-state index is 13.3. The lowest BCUT2D eigenvalue weighted by Crippen LogP contribution is -2.45. The number of carbonyl (C=O) groups is 1. The Labute approximate surface area is 184 Å². The van der Waals surface area contributed by atoms with E-state index < -0.39 is 0 Å². The summed E-state index contributed by atoms with van der Waals surface area (Å²) < 4.78 is 0. The number of piperazine rings is 1. The zero-order chi connectivity index (χ0) is 21.8. The summed E-state index contributed by atoms with van der Waals surface area (Å²) in [7, 11) is 2.13. The van der Waals surface area contributed by atoms with Crippen LogP contribution in [0.1, 0.15) is 21.5 Å². The molecule has 0 saturated carbocycles. The van der Waals surface area contributed by atoms with Crippen molar-refractivity contribution in [2.45, 2.75) is 6.92 Å². The van der Waals surface area contributed by atoms with Gasteiger partial charge in [-0.2, -0.15) is 0 Å². The first kappa shape index (κ1) is 20.9. The van der Waals surface area contributed by atoms with E-state index in [0.29, 0.717) is 0 Å². The number of aryl methyl sites for hydroxylation is 1. The van der Waals surface area contributed by atoms with Gasteiger partial charge in [-0.05, 0) is 66.6 Å². The van der Waals surface area contributed by atoms with E-state index in [1.807, 2.05) is 18.2 Å². The molecule has 4 nitrogen and oxygen atoms in total.